The average molecular weight is 402 g/mol. The second kappa shape index (κ2) is 9.22. The number of non-ortho nitro benzene ring substituents is 1. The Hall–Kier alpha value is -3.36. The van der Waals surface area contributed by atoms with Gasteiger partial charge < -0.3 is 9.47 Å². The lowest BCUT2D eigenvalue weighted by molar-refractivity contribution is -0.384. The van der Waals surface area contributed by atoms with Gasteiger partial charge in [-0.2, -0.15) is 0 Å². The number of rotatable bonds is 7. The van der Waals surface area contributed by atoms with Crippen LogP contribution in [0.4, 0.5) is 5.69 Å². The molecule has 1 aliphatic rings. The third-order valence-electron chi connectivity index (χ3n) is 4.32. The smallest absolute Gasteiger partial charge is 0.336 e. The number of hydrogen-bond acceptors (Lipinski definition) is 8. The number of hydrogen-bond donors (Lipinski definition) is 0. The highest BCUT2D eigenvalue weighted by atomic mass is 16.6. The van der Waals surface area contributed by atoms with E-state index in [0.29, 0.717) is 11.8 Å². The van der Waals surface area contributed by atoms with Gasteiger partial charge in [-0.15, -0.1) is 0 Å². The first-order valence-corrected chi connectivity index (χ1v) is 9.07. The Morgan fingerprint density at radius 1 is 1.34 bits per heavy atom. The second-order valence-electron chi connectivity index (χ2n) is 6.68. The summed E-state index contributed by atoms with van der Waals surface area (Å²) in [5, 5.41) is 11.2. The van der Waals surface area contributed by atoms with Gasteiger partial charge in [0.2, 0.25) is 0 Å². The number of carbonyl (C=O) groups excluding carboxylic acids is 3. The molecule has 0 saturated carbocycles. The molecular weight excluding hydrogens is 380 g/mol. The Bertz CT molecular complexity index is 902. The van der Waals surface area contributed by atoms with Gasteiger partial charge in [-0.1, -0.05) is 12.1 Å². The molecule has 0 saturated heterocycles. The van der Waals surface area contributed by atoms with Crippen molar-refractivity contribution in [2.45, 2.75) is 39.7 Å². The number of nitro benzene ring substituents is 1. The van der Waals surface area contributed by atoms with Gasteiger partial charge in [-0.25, -0.2) is 4.79 Å². The van der Waals surface area contributed by atoms with Crippen molar-refractivity contribution in [2.24, 2.45) is 10.9 Å². The zero-order chi connectivity index (χ0) is 21.7. The molecule has 29 heavy (non-hydrogen) atoms. The fraction of sp³-hybridized carbons (Fsp3) is 0.400. The molecule has 0 radical (unpaired) electrons. The maximum Gasteiger partial charge on any atom is 0.336 e. The zero-order valence-corrected chi connectivity index (χ0v) is 16.6. The molecule has 0 aliphatic carbocycles. The van der Waals surface area contributed by atoms with E-state index >= 15 is 0 Å². The molecule has 154 valence electrons. The molecule has 9 heteroatoms. The van der Waals surface area contributed by atoms with Crippen molar-refractivity contribution in [1.82, 2.24) is 0 Å². The number of carbonyl (C=O) groups is 3. The van der Waals surface area contributed by atoms with Crippen LogP contribution in [0, 0.1) is 16.0 Å². The van der Waals surface area contributed by atoms with Crippen molar-refractivity contribution in [1.29, 1.82) is 0 Å². The van der Waals surface area contributed by atoms with Crippen molar-refractivity contribution < 1.29 is 28.8 Å². The van der Waals surface area contributed by atoms with Crippen molar-refractivity contribution in [2.75, 3.05) is 6.61 Å². The van der Waals surface area contributed by atoms with Gasteiger partial charge in [0, 0.05) is 23.8 Å². The molecule has 0 spiro atoms. The van der Waals surface area contributed by atoms with Crippen LogP contribution >= 0.6 is 0 Å². The Labute approximate surface area is 167 Å². The van der Waals surface area contributed by atoms with E-state index in [2.05, 4.69) is 4.99 Å². The van der Waals surface area contributed by atoms with E-state index in [1.54, 1.807) is 33.8 Å². The molecule has 0 bridgehead atoms. The highest BCUT2D eigenvalue weighted by Gasteiger charge is 2.43. The minimum atomic E-state index is -1.04. The fourth-order valence-electron chi connectivity index (χ4n) is 3.22. The van der Waals surface area contributed by atoms with Crippen LogP contribution in [0.5, 0.6) is 0 Å². The maximum atomic E-state index is 12.8. The first-order chi connectivity index (χ1) is 13.7. The predicted molar refractivity (Wildman–Crippen MR) is 103 cm³/mol. The van der Waals surface area contributed by atoms with Crippen LogP contribution in [-0.4, -0.2) is 41.6 Å². The third kappa shape index (κ3) is 4.74. The van der Waals surface area contributed by atoms with E-state index in [1.165, 1.54) is 18.2 Å². The molecular formula is C20H22N2O7. The number of allylic oxidation sites excluding steroid dienone is 1. The standard InChI is InChI=1S/C20H22N2O7/c1-5-28-19(24)18-15(10-23)21-12(4)16(20(25)29-11(2)3)17(18)13-7-6-8-14(9-13)22(26)27/h6-11,16-17H,5H2,1-4H3. The normalized spacial score (nSPS) is 18.9. The first-order valence-electron chi connectivity index (χ1n) is 9.07. The molecule has 1 aliphatic heterocycles. The van der Waals surface area contributed by atoms with Gasteiger partial charge in [-0.3, -0.25) is 24.7 Å². The lowest BCUT2D eigenvalue weighted by atomic mass is 9.75. The average Bonchev–Trinajstić information content (AvgIpc) is 2.66. The highest BCUT2D eigenvalue weighted by Crippen LogP contribution is 2.40. The summed E-state index contributed by atoms with van der Waals surface area (Å²) in [5.74, 6) is -3.52. The number of benzene rings is 1. The third-order valence-corrected chi connectivity index (χ3v) is 4.32. The molecule has 0 amide bonds. The second-order valence-corrected chi connectivity index (χ2v) is 6.68. The van der Waals surface area contributed by atoms with Crippen LogP contribution in [0.15, 0.2) is 40.5 Å². The largest absolute Gasteiger partial charge is 0.463 e. The van der Waals surface area contributed by atoms with Crippen molar-refractivity contribution in [3.63, 3.8) is 0 Å². The van der Waals surface area contributed by atoms with Crippen LogP contribution in [0.1, 0.15) is 39.2 Å². The summed E-state index contributed by atoms with van der Waals surface area (Å²) < 4.78 is 10.4. The molecule has 0 fully saturated rings. The van der Waals surface area contributed by atoms with E-state index in [9.17, 15) is 24.5 Å². The number of aldehydes is 1. The van der Waals surface area contributed by atoms with E-state index in [1.807, 2.05) is 0 Å². The maximum absolute atomic E-state index is 12.8. The molecule has 1 aromatic rings. The van der Waals surface area contributed by atoms with Crippen LogP contribution in [0.25, 0.3) is 0 Å². The van der Waals surface area contributed by atoms with E-state index in [-0.39, 0.29) is 29.3 Å². The summed E-state index contributed by atoms with van der Waals surface area (Å²) in [4.78, 5) is 51.9. The summed E-state index contributed by atoms with van der Waals surface area (Å²) in [6.07, 6.45) is -0.0204. The van der Waals surface area contributed by atoms with Crippen molar-refractivity contribution in [3.05, 3.63) is 51.2 Å². The fourth-order valence-corrected chi connectivity index (χ4v) is 3.22. The number of nitrogens with zero attached hydrogens (tertiary/aromatic N) is 2. The van der Waals surface area contributed by atoms with Gasteiger partial charge in [-0.05, 0) is 33.3 Å². The van der Waals surface area contributed by atoms with E-state index in [0.717, 1.165) is 0 Å². The number of aliphatic imine (C=N–C) groups is 1. The van der Waals surface area contributed by atoms with Gasteiger partial charge in [0.05, 0.1) is 23.2 Å². The summed E-state index contributed by atoms with van der Waals surface area (Å²) in [5.41, 5.74) is 0.0584. The van der Waals surface area contributed by atoms with Gasteiger partial charge in [0.1, 0.15) is 11.6 Å². The molecule has 2 unspecified atom stereocenters. The van der Waals surface area contributed by atoms with E-state index in [4.69, 9.17) is 9.47 Å². The van der Waals surface area contributed by atoms with Crippen LogP contribution in [0.3, 0.4) is 0 Å². The van der Waals surface area contributed by atoms with Crippen LogP contribution in [0.2, 0.25) is 0 Å². The van der Waals surface area contributed by atoms with Crippen molar-refractivity contribution >= 4 is 29.6 Å². The quantitative estimate of drug-likeness (QED) is 0.297. The molecule has 0 aromatic heterocycles. The highest BCUT2D eigenvalue weighted by molar-refractivity contribution is 6.09. The van der Waals surface area contributed by atoms with Gasteiger partial charge in [0.25, 0.3) is 5.69 Å². The van der Waals surface area contributed by atoms with Crippen molar-refractivity contribution in [3.8, 4) is 0 Å². The predicted octanol–water partition coefficient (Wildman–Crippen LogP) is 2.74. The summed E-state index contributed by atoms with van der Waals surface area (Å²) in [6.45, 7) is 6.54. The lowest BCUT2D eigenvalue weighted by Crippen LogP contribution is -2.37. The Kier molecular flexibility index (Phi) is 6.98. The molecule has 1 heterocycles. The minimum Gasteiger partial charge on any atom is -0.463 e. The SMILES string of the molecule is CCOC(=O)C1=C(C=O)N=C(C)C(C(=O)OC(C)C)C1c1cccc([N+](=O)[O-])c1. The molecule has 9 nitrogen and oxygen atoms in total. The molecule has 2 atom stereocenters. The topological polar surface area (TPSA) is 125 Å². The Balaban J connectivity index is 2.73. The molecule has 2 rings (SSSR count). The molecule has 0 N–H and O–H groups in total. The first kappa shape index (κ1) is 21.9. The molecule has 1 aromatic carbocycles. The summed E-state index contributed by atoms with van der Waals surface area (Å²) in [6, 6.07) is 5.56. The number of nitro groups is 1. The minimum absolute atomic E-state index is 0.0416. The number of esters is 2. The number of ether oxygens (including phenoxy) is 2. The van der Waals surface area contributed by atoms with Crippen LogP contribution < -0.4 is 0 Å². The monoisotopic (exact) mass is 402 g/mol. The van der Waals surface area contributed by atoms with E-state index < -0.39 is 34.8 Å². The summed E-state index contributed by atoms with van der Waals surface area (Å²) >= 11 is 0. The lowest BCUT2D eigenvalue weighted by Gasteiger charge is -2.31. The zero-order valence-electron chi connectivity index (χ0n) is 16.6. The summed E-state index contributed by atoms with van der Waals surface area (Å²) in [7, 11) is 0. The van der Waals surface area contributed by atoms with Crippen LogP contribution in [-0.2, 0) is 23.9 Å². The Morgan fingerprint density at radius 3 is 2.59 bits per heavy atom. The van der Waals surface area contributed by atoms with Gasteiger partial charge >= 0.3 is 11.9 Å². The Morgan fingerprint density at radius 2 is 2.03 bits per heavy atom. The van der Waals surface area contributed by atoms with Gasteiger partial charge in [0.15, 0.2) is 6.29 Å².